The van der Waals surface area contributed by atoms with Crippen molar-refractivity contribution >= 4 is 23.7 Å². The number of hydrazone groups is 1. The van der Waals surface area contributed by atoms with Gasteiger partial charge in [-0.15, -0.1) is 0 Å². The predicted octanol–water partition coefficient (Wildman–Crippen LogP) is 4.69. The summed E-state index contributed by atoms with van der Waals surface area (Å²) in [4.78, 5) is 12.1. The molecule has 3 aromatic rings. The van der Waals surface area contributed by atoms with Gasteiger partial charge in [-0.25, -0.2) is 5.43 Å². The Morgan fingerprint density at radius 1 is 1.04 bits per heavy atom. The van der Waals surface area contributed by atoms with Crippen molar-refractivity contribution in [3.05, 3.63) is 94.5 Å². The first-order chi connectivity index (χ1) is 13.7. The maximum atomic E-state index is 12.1. The molecule has 0 radical (unpaired) electrons. The molecule has 5 nitrogen and oxygen atoms in total. The van der Waals surface area contributed by atoms with Crippen molar-refractivity contribution in [1.82, 2.24) is 5.43 Å². The van der Waals surface area contributed by atoms with Crippen molar-refractivity contribution in [1.29, 1.82) is 0 Å². The monoisotopic (exact) mass is 394 g/mol. The predicted molar refractivity (Wildman–Crippen MR) is 110 cm³/mol. The summed E-state index contributed by atoms with van der Waals surface area (Å²) in [6.45, 7) is 0.443. The Bertz CT molecular complexity index is 975. The van der Waals surface area contributed by atoms with Gasteiger partial charge in [-0.05, 0) is 41.5 Å². The largest absolute Gasteiger partial charge is 0.493 e. The first kappa shape index (κ1) is 19.5. The van der Waals surface area contributed by atoms with E-state index in [-0.39, 0.29) is 5.91 Å². The van der Waals surface area contributed by atoms with E-state index in [2.05, 4.69) is 10.5 Å². The number of hydrogen-bond donors (Lipinski definition) is 1. The molecule has 0 aliphatic heterocycles. The van der Waals surface area contributed by atoms with E-state index in [4.69, 9.17) is 21.1 Å². The molecule has 0 aliphatic rings. The van der Waals surface area contributed by atoms with Gasteiger partial charge >= 0.3 is 0 Å². The Hall–Kier alpha value is -3.31. The molecule has 0 fully saturated rings. The maximum Gasteiger partial charge on any atom is 0.272 e. The van der Waals surface area contributed by atoms with Crippen LogP contribution < -0.4 is 14.9 Å². The van der Waals surface area contributed by atoms with Crippen LogP contribution in [0.25, 0.3) is 0 Å². The van der Waals surface area contributed by atoms with Crippen LogP contribution >= 0.6 is 11.6 Å². The number of carbonyl (C=O) groups excluding carboxylic acids is 1. The van der Waals surface area contributed by atoms with Gasteiger partial charge in [0.15, 0.2) is 11.5 Å². The van der Waals surface area contributed by atoms with Gasteiger partial charge in [-0.1, -0.05) is 54.1 Å². The van der Waals surface area contributed by atoms with Crippen molar-refractivity contribution in [2.24, 2.45) is 5.10 Å². The van der Waals surface area contributed by atoms with Crippen LogP contribution in [0.3, 0.4) is 0 Å². The lowest BCUT2D eigenvalue weighted by Gasteiger charge is -2.11. The van der Waals surface area contributed by atoms with Crippen molar-refractivity contribution < 1.29 is 14.3 Å². The number of hydrogen-bond acceptors (Lipinski definition) is 4. The van der Waals surface area contributed by atoms with Gasteiger partial charge in [0.2, 0.25) is 0 Å². The summed E-state index contributed by atoms with van der Waals surface area (Å²) < 4.78 is 11.2. The van der Waals surface area contributed by atoms with E-state index in [1.807, 2.05) is 36.4 Å². The smallest absolute Gasteiger partial charge is 0.272 e. The molecule has 1 N–H and O–H groups in total. The summed E-state index contributed by atoms with van der Waals surface area (Å²) in [5.41, 5.74) is 4.65. The molecule has 6 heteroatoms. The van der Waals surface area contributed by atoms with Crippen LogP contribution in [0, 0.1) is 0 Å². The highest BCUT2D eigenvalue weighted by Crippen LogP contribution is 2.28. The second-order valence-electron chi connectivity index (χ2n) is 5.86. The SMILES string of the molecule is COc1cc(/C=N/NC(=O)c2ccccc2Cl)ccc1OCc1ccccc1. The number of rotatable bonds is 7. The minimum absolute atomic E-state index is 0.364. The van der Waals surface area contributed by atoms with E-state index in [1.54, 1.807) is 43.5 Å². The van der Waals surface area contributed by atoms with Gasteiger partial charge in [0, 0.05) is 0 Å². The summed E-state index contributed by atoms with van der Waals surface area (Å²) in [7, 11) is 1.57. The van der Waals surface area contributed by atoms with Gasteiger partial charge in [0.25, 0.3) is 5.91 Å². The highest BCUT2D eigenvalue weighted by molar-refractivity contribution is 6.33. The van der Waals surface area contributed by atoms with E-state index in [0.29, 0.717) is 28.7 Å². The van der Waals surface area contributed by atoms with Crippen LogP contribution in [0.5, 0.6) is 11.5 Å². The first-order valence-electron chi connectivity index (χ1n) is 8.60. The van der Waals surface area contributed by atoms with E-state index >= 15 is 0 Å². The number of ether oxygens (including phenoxy) is 2. The number of amides is 1. The fraction of sp³-hybridized carbons (Fsp3) is 0.0909. The summed E-state index contributed by atoms with van der Waals surface area (Å²) in [5, 5.41) is 4.35. The van der Waals surface area contributed by atoms with E-state index in [1.165, 1.54) is 6.21 Å². The van der Waals surface area contributed by atoms with Gasteiger partial charge in [0.1, 0.15) is 6.61 Å². The van der Waals surface area contributed by atoms with Gasteiger partial charge < -0.3 is 9.47 Å². The van der Waals surface area contributed by atoms with Crippen LogP contribution in [-0.4, -0.2) is 19.2 Å². The Kier molecular flexibility index (Phi) is 6.65. The highest BCUT2D eigenvalue weighted by atomic mass is 35.5. The second kappa shape index (κ2) is 9.58. The lowest BCUT2D eigenvalue weighted by atomic mass is 10.2. The van der Waals surface area contributed by atoms with E-state index in [9.17, 15) is 4.79 Å². The molecule has 0 aliphatic carbocycles. The van der Waals surface area contributed by atoms with Crippen molar-refractivity contribution in [2.45, 2.75) is 6.61 Å². The number of halogens is 1. The Labute approximate surface area is 168 Å². The Balaban J connectivity index is 1.63. The highest BCUT2D eigenvalue weighted by Gasteiger charge is 2.08. The second-order valence-corrected chi connectivity index (χ2v) is 6.27. The molecule has 142 valence electrons. The minimum Gasteiger partial charge on any atom is -0.493 e. The molecular weight excluding hydrogens is 376 g/mol. The van der Waals surface area contributed by atoms with Crippen LogP contribution in [0.4, 0.5) is 0 Å². The van der Waals surface area contributed by atoms with Gasteiger partial charge in [-0.2, -0.15) is 5.10 Å². The quantitative estimate of drug-likeness (QED) is 0.467. The van der Waals surface area contributed by atoms with Gasteiger partial charge in [0.05, 0.1) is 23.9 Å². The lowest BCUT2D eigenvalue weighted by molar-refractivity contribution is 0.0955. The zero-order chi connectivity index (χ0) is 19.8. The number of methoxy groups -OCH3 is 1. The number of carbonyl (C=O) groups is 1. The topological polar surface area (TPSA) is 59.9 Å². The molecule has 3 aromatic carbocycles. The van der Waals surface area contributed by atoms with Crippen molar-refractivity contribution in [3.8, 4) is 11.5 Å². The average Bonchev–Trinajstić information content (AvgIpc) is 2.73. The Morgan fingerprint density at radius 3 is 2.54 bits per heavy atom. The molecule has 0 saturated heterocycles. The van der Waals surface area contributed by atoms with E-state index < -0.39 is 0 Å². The van der Waals surface area contributed by atoms with Crippen LogP contribution in [0.2, 0.25) is 5.02 Å². The molecule has 0 bridgehead atoms. The third-order valence-electron chi connectivity index (χ3n) is 3.92. The Morgan fingerprint density at radius 2 is 1.79 bits per heavy atom. The third kappa shape index (κ3) is 5.11. The van der Waals surface area contributed by atoms with Crippen LogP contribution in [0.15, 0.2) is 77.9 Å². The fourth-order valence-electron chi connectivity index (χ4n) is 2.49. The summed E-state index contributed by atoms with van der Waals surface area (Å²) >= 11 is 6.00. The maximum absolute atomic E-state index is 12.1. The standard InChI is InChI=1S/C22H19ClN2O3/c1-27-21-13-17(11-12-20(21)28-15-16-7-3-2-4-8-16)14-24-25-22(26)18-9-5-6-10-19(18)23/h2-14H,15H2,1H3,(H,25,26)/b24-14+. The molecular formula is C22H19ClN2O3. The molecule has 1 amide bonds. The number of benzene rings is 3. The summed E-state index contributed by atoms with van der Waals surface area (Å²) in [6.07, 6.45) is 1.53. The number of nitrogens with zero attached hydrogens (tertiary/aromatic N) is 1. The summed E-state index contributed by atoms with van der Waals surface area (Å²) in [6, 6.07) is 22.1. The van der Waals surface area contributed by atoms with Crippen LogP contribution in [-0.2, 0) is 6.61 Å². The van der Waals surface area contributed by atoms with Crippen molar-refractivity contribution in [3.63, 3.8) is 0 Å². The zero-order valence-corrected chi connectivity index (χ0v) is 16.0. The first-order valence-corrected chi connectivity index (χ1v) is 8.98. The number of nitrogens with one attached hydrogen (secondary N) is 1. The lowest BCUT2D eigenvalue weighted by Crippen LogP contribution is -2.17. The molecule has 0 saturated carbocycles. The zero-order valence-electron chi connectivity index (χ0n) is 15.3. The molecule has 0 aromatic heterocycles. The molecule has 0 unspecified atom stereocenters. The van der Waals surface area contributed by atoms with Crippen LogP contribution in [0.1, 0.15) is 21.5 Å². The normalized spacial score (nSPS) is 10.6. The van der Waals surface area contributed by atoms with E-state index in [0.717, 1.165) is 11.1 Å². The molecule has 0 heterocycles. The molecule has 0 atom stereocenters. The fourth-order valence-corrected chi connectivity index (χ4v) is 2.71. The summed E-state index contributed by atoms with van der Waals surface area (Å²) in [5.74, 6) is 0.831. The molecule has 3 rings (SSSR count). The average molecular weight is 395 g/mol. The van der Waals surface area contributed by atoms with Crippen molar-refractivity contribution in [2.75, 3.05) is 7.11 Å². The molecule has 0 spiro atoms. The molecule has 28 heavy (non-hydrogen) atoms. The minimum atomic E-state index is -0.378. The third-order valence-corrected chi connectivity index (χ3v) is 4.25. The van der Waals surface area contributed by atoms with Gasteiger partial charge in [-0.3, -0.25) is 4.79 Å².